The Morgan fingerprint density at radius 2 is 1.96 bits per heavy atom. The van der Waals surface area contributed by atoms with Gasteiger partial charge in [0.1, 0.15) is 12.4 Å². The highest BCUT2D eigenvalue weighted by Crippen LogP contribution is 2.31. The minimum atomic E-state index is -0.740. The van der Waals surface area contributed by atoms with Crippen molar-refractivity contribution < 1.29 is 9.52 Å². The Bertz CT molecular complexity index is 985. The van der Waals surface area contributed by atoms with E-state index in [9.17, 15) is 5.11 Å². The molecule has 0 bridgehead atoms. The molecule has 0 amide bonds. The van der Waals surface area contributed by atoms with Crippen LogP contribution in [0, 0.1) is 6.92 Å². The molecule has 0 aliphatic carbocycles. The van der Waals surface area contributed by atoms with E-state index in [4.69, 9.17) is 14.4 Å². The molecule has 0 unspecified atom stereocenters. The highest BCUT2D eigenvalue weighted by molar-refractivity contribution is 5.83. The van der Waals surface area contributed by atoms with Crippen LogP contribution >= 0.6 is 0 Å². The molecule has 1 N–H and O–H groups in total. The lowest BCUT2D eigenvalue weighted by atomic mass is 9.96. The smallest absolute Gasteiger partial charge is 0.238 e. The first-order chi connectivity index (χ1) is 12.6. The van der Waals surface area contributed by atoms with E-state index >= 15 is 0 Å². The number of anilines is 1. The minimum absolute atomic E-state index is 0.249. The fourth-order valence-corrected chi connectivity index (χ4v) is 3.16. The molecule has 10 heteroatoms. The SMILES string of the molecule is Cc1nnc(Cn2nnc3c(N4CC[C@@](C)(O)C4)nc(C(C)(C)C)nc32)o1. The molecular formula is C17H24N8O2. The summed E-state index contributed by atoms with van der Waals surface area (Å²) in [6, 6.07) is 0. The lowest BCUT2D eigenvalue weighted by molar-refractivity contribution is 0.0839. The molecule has 4 heterocycles. The third-order valence-electron chi connectivity index (χ3n) is 4.62. The first-order valence-electron chi connectivity index (χ1n) is 9.00. The number of fused-ring (bicyclic) bond motifs is 1. The maximum atomic E-state index is 10.4. The van der Waals surface area contributed by atoms with Crippen molar-refractivity contribution >= 4 is 17.0 Å². The van der Waals surface area contributed by atoms with Crippen molar-refractivity contribution in [2.75, 3.05) is 18.0 Å². The van der Waals surface area contributed by atoms with Crippen LogP contribution < -0.4 is 4.90 Å². The Kier molecular flexibility index (Phi) is 3.91. The fraction of sp³-hybridized carbons (Fsp3) is 0.647. The van der Waals surface area contributed by atoms with Gasteiger partial charge < -0.3 is 14.4 Å². The molecule has 3 aromatic rings. The maximum absolute atomic E-state index is 10.4. The van der Waals surface area contributed by atoms with Gasteiger partial charge in [0.2, 0.25) is 11.8 Å². The van der Waals surface area contributed by atoms with Gasteiger partial charge in [-0.3, -0.25) is 0 Å². The number of nitrogens with zero attached hydrogens (tertiary/aromatic N) is 8. The summed E-state index contributed by atoms with van der Waals surface area (Å²) in [7, 11) is 0. The van der Waals surface area contributed by atoms with Gasteiger partial charge in [-0.1, -0.05) is 26.0 Å². The second-order valence-corrected chi connectivity index (χ2v) is 8.42. The van der Waals surface area contributed by atoms with Crippen LogP contribution in [0.5, 0.6) is 0 Å². The molecule has 1 aliphatic rings. The lowest BCUT2D eigenvalue weighted by Crippen LogP contribution is -2.31. The summed E-state index contributed by atoms with van der Waals surface area (Å²) in [4.78, 5) is 11.6. The van der Waals surface area contributed by atoms with Gasteiger partial charge in [0.15, 0.2) is 17.0 Å². The van der Waals surface area contributed by atoms with Crippen molar-refractivity contribution in [2.45, 2.75) is 58.6 Å². The molecule has 1 saturated heterocycles. The molecular weight excluding hydrogens is 348 g/mol. The molecule has 1 atom stereocenters. The highest BCUT2D eigenvalue weighted by Gasteiger charge is 2.35. The third kappa shape index (κ3) is 3.36. The summed E-state index contributed by atoms with van der Waals surface area (Å²) >= 11 is 0. The standard InChI is InChI=1S/C17H24N8O2/c1-10-20-21-11(27-10)8-25-14-12(22-23-25)13(18-15(19-14)16(2,3)4)24-7-6-17(5,26)9-24/h26H,6-9H2,1-5H3/t17-/m1/s1. The summed E-state index contributed by atoms with van der Waals surface area (Å²) in [5.74, 6) is 2.35. The van der Waals surface area contributed by atoms with Crippen LogP contribution in [-0.2, 0) is 12.0 Å². The van der Waals surface area contributed by atoms with Crippen molar-refractivity contribution in [2.24, 2.45) is 0 Å². The summed E-state index contributed by atoms with van der Waals surface area (Å²) in [6.45, 7) is 11.3. The van der Waals surface area contributed by atoms with Gasteiger partial charge in [0.25, 0.3) is 0 Å². The molecule has 4 rings (SSSR count). The van der Waals surface area contributed by atoms with Gasteiger partial charge in [-0.15, -0.1) is 15.3 Å². The van der Waals surface area contributed by atoms with Gasteiger partial charge in [-0.25, -0.2) is 14.6 Å². The molecule has 3 aromatic heterocycles. The van der Waals surface area contributed by atoms with Gasteiger partial charge in [-0.05, 0) is 13.3 Å². The average Bonchev–Trinajstić information content (AvgIpc) is 3.26. The number of aromatic nitrogens is 7. The Balaban J connectivity index is 1.82. The van der Waals surface area contributed by atoms with Crippen LogP contribution in [0.25, 0.3) is 11.2 Å². The fourth-order valence-electron chi connectivity index (χ4n) is 3.16. The van der Waals surface area contributed by atoms with Gasteiger partial charge >= 0.3 is 0 Å². The summed E-state index contributed by atoms with van der Waals surface area (Å²) in [5.41, 5.74) is 0.238. The summed E-state index contributed by atoms with van der Waals surface area (Å²) in [5, 5.41) is 26.8. The number of aliphatic hydroxyl groups is 1. The van der Waals surface area contributed by atoms with Crippen molar-refractivity contribution in [1.29, 1.82) is 0 Å². The molecule has 0 spiro atoms. The van der Waals surface area contributed by atoms with E-state index in [2.05, 4.69) is 46.2 Å². The molecule has 0 saturated carbocycles. The Labute approximate surface area is 156 Å². The van der Waals surface area contributed by atoms with Crippen molar-refractivity contribution in [1.82, 2.24) is 35.2 Å². The predicted octanol–water partition coefficient (Wildman–Crippen LogP) is 1.22. The Hall–Kier alpha value is -2.62. The van der Waals surface area contributed by atoms with E-state index < -0.39 is 5.60 Å². The number of hydrogen-bond donors (Lipinski definition) is 1. The molecule has 1 aliphatic heterocycles. The zero-order valence-corrected chi connectivity index (χ0v) is 16.3. The largest absolute Gasteiger partial charge is 0.424 e. The van der Waals surface area contributed by atoms with Crippen LogP contribution in [0.2, 0.25) is 0 Å². The van der Waals surface area contributed by atoms with Crippen LogP contribution in [0.1, 0.15) is 51.7 Å². The summed E-state index contributed by atoms with van der Waals surface area (Å²) < 4.78 is 7.11. The van der Waals surface area contributed by atoms with E-state index in [-0.39, 0.29) is 12.0 Å². The predicted molar refractivity (Wildman–Crippen MR) is 97.4 cm³/mol. The topological polar surface area (TPSA) is 119 Å². The third-order valence-corrected chi connectivity index (χ3v) is 4.62. The molecule has 0 radical (unpaired) electrons. The van der Waals surface area contributed by atoms with E-state index in [1.54, 1.807) is 11.6 Å². The molecule has 10 nitrogen and oxygen atoms in total. The van der Waals surface area contributed by atoms with Gasteiger partial charge in [0, 0.05) is 25.4 Å². The minimum Gasteiger partial charge on any atom is -0.424 e. The first-order valence-corrected chi connectivity index (χ1v) is 9.00. The maximum Gasteiger partial charge on any atom is 0.238 e. The Morgan fingerprint density at radius 3 is 2.56 bits per heavy atom. The second kappa shape index (κ2) is 5.95. The van der Waals surface area contributed by atoms with Crippen molar-refractivity contribution in [3.05, 3.63) is 17.6 Å². The van der Waals surface area contributed by atoms with Gasteiger partial charge in [-0.2, -0.15) is 0 Å². The van der Waals surface area contributed by atoms with Gasteiger partial charge in [0.05, 0.1) is 5.60 Å². The van der Waals surface area contributed by atoms with Crippen molar-refractivity contribution in [3.63, 3.8) is 0 Å². The monoisotopic (exact) mass is 372 g/mol. The zero-order chi connectivity index (χ0) is 19.4. The number of β-amino-alcohol motifs (C(OH)–C–C–N with tert-alkyl or cyclic N) is 1. The van der Waals surface area contributed by atoms with Crippen molar-refractivity contribution in [3.8, 4) is 0 Å². The van der Waals surface area contributed by atoms with Crippen LogP contribution in [0.4, 0.5) is 5.82 Å². The van der Waals surface area contributed by atoms with E-state index in [1.807, 2.05) is 6.92 Å². The lowest BCUT2D eigenvalue weighted by Gasteiger charge is -2.23. The average molecular weight is 372 g/mol. The second-order valence-electron chi connectivity index (χ2n) is 8.42. The number of aryl methyl sites for hydroxylation is 1. The molecule has 144 valence electrons. The number of hydrogen-bond acceptors (Lipinski definition) is 9. The highest BCUT2D eigenvalue weighted by atomic mass is 16.4. The molecule has 27 heavy (non-hydrogen) atoms. The Morgan fingerprint density at radius 1 is 1.19 bits per heavy atom. The van der Waals surface area contributed by atoms with E-state index in [0.717, 1.165) is 0 Å². The van der Waals surface area contributed by atoms with E-state index in [0.29, 0.717) is 54.1 Å². The van der Waals surface area contributed by atoms with Crippen LogP contribution in [0.3, 0.4) is 0 Å². The summed E-state index contributed by atoms with van der Waals surface area (Å²) in [6.07, 6.45) is 0.679. The van der Waals surface area contributed by atoms with Crippen LogP contribution in [-0.4, -0.2) is 59.0 Å². The quantitative estimate of drug-likeness (QED) is 0.723. The number of rotatable bonds is 3. The van der Waals surface area contributed by atoms with E-state index in [1.165, 1.54) is 0 Å². The molecule has 1 fully saturated rings. The molecule has 0 aromatic carbocycles. The zero-order valence-electron chi connectivity index (χ0n) is 16.3. The normalized spacial score (nSPS) is 20.7. The first kappa shape index (κ1) is 17.8. The van der Waals surface area contributed by atoms with Crippen LogP contribution in [0.15, 0.2) is 4.42 Å².